The molecule has 0 fully saturated rings. The highest BCUT2D eigenvalue weighted by Crippen LogP contribution is 2.29. The average molecular weight is 603 g/mol. The molecule has 0 aliphatic rings. The Morgan fingerprint density at radius 3 is 2.60 bits per heavy atom. The average Bonchev–Trinajstić information content (AvgIpc) is 3.41. The van der Waals surface area contributed by atoms with Crippen molar-refractivity contribution in [3.63, 3.8) is 0 Å². The maximum Gasteiger partial charge on any atom is 0.281 e. The van der Waals surface area contributed by atoms with Crippen LogP contribution in [-0.4, -0.2) is 56.0 Å². The third-order valence-electron chi connectivity index (χ3n) is 6.02. The Balaban J connectivity index is 0.000000649. The van der Waals surface area contributed by atoms with Gasteiger partial charge in [-0.3, -0.25) is 23.6 Å². The van der Waals surface area contributed by atoms with E-state index in [2.05, 4.69) is 27.0 Å². The lowest BCUT2D eigenvalue weighted by Crippen LogP contribution is -2.29. The number of benzene rings is 1. The number of amides is 1. The number of anilines is 2. The van der Waals surface area contributed by atoms with Gasteiger partial charge in [0.1, 0.15) is 5.15 Å². The zero-order valence-electron chi connectivity index (χ0n) is 23.8. The van der Waals surface area contributed by atoms with E-state index < -0.39 is 0 Å². The maximum atomic E-state index is 13.3. The van der Waals surface area contributed by atoms with Gasteiger partial charge < -0.3 is 10.2 Å². The molecule has 2 N–H and O–H groups in total. The van der Waals surface area contributed by atoms with Crippen LogP contribution in [-0.2, 0) is 14.1 Å². The fraction of sp³-hybridized carbons (Fsp3) is 0.370. The van der Waals surface area contributed by atoms with E-state index in [1.807, 2.05) is 57.2 Å². The molecule has 0 radical (unpaired) electrons. The van der Waals surface area contributed by atoms with Crippen molar-refractivity contribution >= 4 is 60.6 Å². The highest BCUT2D eigenvalue weighted by Gasteiger charge is 2.20. The Bertz CT molecular complexity index is 1510. The molecular weight excluding hydrogens is 567 g/mol. The summed E-state index contributed by atoms with van der Waals surface area (Å²) < 4.78 is 6.05. The van der Waals surface area contributed by atoms with Crippen LogP contribution in [0.3, 0.4) is 0 Å². The SMILES string of the molecule is CCPCN(C)c1nc2c(C(C)Nc3ccc(Cl)nc3C(=O)NSC)cc(C)cc2c(=O)n1C.Cn1cccn1. The quantitative estimate of drug-likeness (QED) is 0.157. The predicted molar refractivity (Wildman–Crippen MR) is 169 cm³/mol. The number of pyridine rings is 1. The second-order valence-corrected chi connectivity index (χ2v) is 11.7. The number of fused-ring (bicyclic) bond motifs is 1. The minimum atomic E-state index is -0.341. The van der Waals surface area contributed by atoms with E-state index in [1.54, 1.807) is 40.9 Å². The second kappa shape index (κ2) is 14.5. The van der Waals surface area contributed by atoms with Crippen LogP contribution >= 0.6 is 32.1 Å². The van der Waals surface area contributed by atoms with Gasteiger partial charge >= 0.3 is 0 Å². The number of carbonyl (C=O) groups excluding carboxylic acids is 1. The normalized spacial score (nSPS) is 11.8. The van der Waals surface area contributed by atoms with Crippen LogP contribution in [0.1, 0.15) is 41.5 Å². The number of halogens is 1. The van der Waals surface area contributed by atoms with Gasteiger partial charge in [-0.05, 0) is 49.8 Å². The van der Waals surface area contributed by atoms with E-state index in [9.17, 15) is 9.59 Å². The van der Waals surface area contributed by atoms with Crippen LogP contribution in [0, 0.1) is 6.92 Å². The standard InChI is InChI=1S/C23H30ClN6O2PS.C4H6N2/c1-7-33-12-29(4)23-27-19-15(10-13(2)11-16(19)22(32)30(23)5)14(3)25-17-8-9-18(24)26-20(17)21(31)28-34-6;1-6-4-2-3-5-6/h8-11,14,25,33H,7,12H2,1-6H3,(H,28,31);2-4H,1H3. The molecule has 4 aromatic rings. The van der Waals surface area contributed by atoms with E-state index in [1.165, 1.54) is 11.9 Å². The molecule has 3 heterocycles. The monoisotopic (exact) mass is 602 g/mol. The molecule has 0 aliphatic heterocycles. The molecule has 0 spiro atoms. The van der Waals surface area contributed by atoms with Crippen LogP contribution in [0.2, 0.25) is 5.15 Å². The third-order valence-corrected chi connectivity index (χ3v) is 7.82. The molecule has 0 saturated carbocycles. The highest BCUT2D eigenvalue weighted by molar-refractivity contribution is 7.97. The van der Waals surface area contributed by atoms with Gasteiger partial charge in [-0.1, -0.05) is 36.5 Å². The Kier molecular flexibility index (Phi) is 11.4. The van der Waals surface area contributed by atoms with Gasteiger partial charge in [0, 0.05) is 51.6 Å². The summed E-state index contributed by atoms with van der Waals surface area (Å²) >= 11 is 7.24. The lowest BCUT2D eigenvalue weighted by atomic mass is 10.0. The number of aryl methyl sites for hydroxylation is 2. The molecule has 2 unspecified atom stereocenters. The van der Waals surface area contributed by atoms with Gasteiger partial charge in [-0.2, -0.15) is 5.10 Å². The number of rotatable bonds is 9. The zero-order chi connectivity index (χ0) is 29.4. The summed E-state index contributed by atoms with van der Waals surface area (Å²) in [6.45, 7) is 6.07. The molecular formula is C27H36ClN8O2PS. The van der Waals surface area contributed by atoms with Crippen molar-refractivity contribution in [3.05, 3.63) is 75.1 Å². The molecule has 0 aliphatic carbocycles. The largest absolute Gasteiger partial charge is 0.377 e. The van der Waals surface area contributed by atoms with Crippen LogP contribution in [0.15, 0.2) is 47.5 Å². The molecule has 10 nitrogen and oxygen atoms in total. The van der Waals surface area contributed by atoms with Crippen LogP contribution in [0.25, 0.3) is 10.9 Å². The van der Waals surface area contributed by atoms with Crippen molar-refractivity contribution in [2.75, 3.05) is 36.0 Å². The van der Waals surface area contributed by atoms with Crippen molar-refractivity contribution in [2.45, 2.75) is 26.8 Å². The molecule has 0 bridgehead atoms. The van der Waals surface area contributed by atoms with Crippen LogP contribution < -0.4 is 20.5 Å². The van der Waals surface area contributed by atoms with E-state index in [0.29, 0.717) is 22.5 Å². The molecule has 3 aromatic heterocycles. The van der Waals surface area contributed by atoms with Gasteiger partial charge in [0.2, 0.25) is 5.95 Å². The first-order chi connectivity index (χ1) is 19.1. The van der Waals surface area contributed by atoms with Crippen LogP contribution in [0.4, 0.5) is 11.6 Å². The van der Waals surface area contributed by atoms with Gasteiger partial charge in [-0.25, -0.2) is 9.97 Å². The van der Waals surface area contributed by atoms with Crippen molar-refractivity contribution in [1.29, 1.82) is 0 Å². The lowest BCUT2D eigenvalue weighted by molar-refractivity contribution is 0.0980. The lowest BCUT2D eigenvalue weighted by Gasteiger charge is -2.23. The number of nitrogens with one attached hydrogen (secondary N) is 2. The summed E-state index contributed by atoms with van der Waals surface area (Å²) in [4.78, 5) is 37.0. The molecule has 13 heteroatoms. The smallest absolute Gasteiger partial charge is 0.281 e. The fourth-order valence-corrected chi connectivity index (χ4v) is 5.21. The first-order valence-electron chi connectivity index (χ1n) is 12.7. The van der Waals surface area contributed by atoms with Gasteiger partial charge in [0.15, 0.2) is 5.69 Å². The Morgan fingerprint density at radius 1 is 1.25 bits per heavy atom. The summed E-state index contributed by atoms with van der Waals surface area (Å²) in [7, 11) is 6.37. The summed E-state index contributed by atoms with van der Waals surface area (Å²) in [5, 5.41) is 8.01. The fourth-order valence-electron chi connectivity index (χ4n) is 4.08. The van der Waals surface area contributed by atoms with Gasteiger partial charge in [0.25, 0.3) is 11.5 Å². The first kappa shape index (κ1) is 31.4. The number of hydrogen-bond donors (Lipinski definition) is 2. The Labute approximate surface area is 245 Å². The summed E-state index contributed by atoms with van der Waals surface area (Å²) in [5.74, 6) is 0.287. The van der Waals surface area contributed by atoms with Gasteiger partial charge in [0.05, 0.1) is 22.6 Å². The van der Waals surface area contributed by atoms with Crippen molar-refractivity contribution < 1.29 is 4.79 Å². The minimum absolute atomic E-state index is 0.0861. The van der Waals surface area contributed by atoms with Crippen molar-refractivity contribution in [3.8, 4) is 0 Å². The van der Waals surface area contributed by atoms with Crippen molar-refractivity contribution in [2.24, 2.45) is 14.1 Å². The van der Waals surface area contributed by atoms with E-state index in [0.717, 1.165) is 32.2 Å². The number of hydrogen-bond acceptors (Lipinski definition) is 8. The van der Waals surface area contributed by atoms with E-state index in [-0.39, 0.29) is 28.4 Å². The molecule has 2 atom stereocenters. The summed E-state index contributed by atoms with van der Waals surface area (Å²) in [6, 6.07) is 8.89. The second-order valence-electron chi connectivity index (χ2n) is 9.20. The van der Waals surface area contributed by atoms with E-state index >= 15 is 0 Å². The topological polar surface area (TPSA) is 110 Å². The van der Waals surface area contributed by atoms with Crippen molar-refractivity contribution in [1.82, 2.24) is 29.0 Å². The molecule has 1 amide bonds. The molecule has 0 saturated heterocycles. The number of nitrogens with zero attached hydrogens (tertiary/aromatic N) is 6. The third kappa shape index (κ3) is 7.74. The molecule has 40 heavy (non-hydrogen) atoms. The highest BCUT2D eigenvalue weighted by atomic mass is 35.5. The van der Waals surface area contributed by atoms with E-state index in [4.69, 9.17) is 16.6 Å². The Morgan fingerprint density at radius 2 is 2.00 bits per heavy atom. The van der Waals surface area contributed by atoms with Crippen LogP contribution in [0.5, 0.6) is 0 Å². The summed E-state index contributed by atoms with van der Waals surface area (Å²) in [6.07, 6.45) is 7.32. The first-order valence-corrected chi connectivity index (χ1v) is 15.7. The van der Waals surface area contributed by atoms with Gasteiger partial charge in [-0.15, -0.1) is 8.58 Å². The number of carbonyl (C=O) groups is 1. The zero-order valence-corrected chi connectivity index (χ0v) is 26.4. The molecule has 1 aromatic carbocycles. The maximum absolute atomic E-state index is 13.3. The molecule has 4 rings (SSSR count). The number of aromatic nitrogens is 5. The predicted octanol–water partition coefficient (Wildman–Crippen LogP) is 4.98. The Hall–Kier alpha value is -3.14. The summed E-state index contributed by atoms with van der Waals surface area (Å²) in [5.41, 5.74) is 3.13. The molecule has 214 valence electrons. The minimum Gasteiger partial charge on any atom is -0.377 e.